The van der Waals surface area contributed by atoms with Crippen LogP contribution in [0, 0.1) is 0 Å². The van der Waals surface area contributed by atoms with Crippen molar-refractivity contribution in [2.45, 2.75) is 31.7 Å². The summed E-state index contributed by atoms with van der Waals surface area (Å²) in [6.07, 6.45) is 0.937. The first-order chi connectivity index (χ1) is 14.4. The van der Waals surface area contributed by atoms with Crippen LogP contribution in [0.15, 0.2) is 51.9 Å². The molecule has 156 valence electrons. The van der Waals surface area contributed by atoms with Gasteiger partial charge in [0.05, 0.1) is 16.3 Å². The molecule has 0 N–H and O–H groups in total. The number of ether oxygens (including phenoxy) is 1. The Hall–Kier alpha value is -3.20. The van der Waals surface area contributed by atoms with Crippen molar-refractivity contribution in [2.24, 2.45) is 0 Å². The Kier molecular flexibility index (Phi) is 5.29. The van der Waals surface area contributed by atoms with Gasteiger partial charge < -0.3 is 9.26 Å². The predicted molar refractivity (Wildman–Crippen MR) is 110 cm³/mol. The summed E-state index contributed by atoms with van der Waals surface area (Å²) in [4.78, 5) is 18.4. The lowest BCUT2D eigenvalue weighted by molar-refractivity contribution is -0.121. The molecule has 0 atom stereocenters. The molecule has 1 aliphatic heterocycles. The fourth-order valence-electron chi connectivity index (χ4n) is 3.18. The number of anilines is 1. The van der Waals surface area contributed by atoms with E-state index in [9.17, 15) is 13.2 Å². The molecule has 0 fully saturated rings. The van der Waals surface area contributed by atoms with Gasteiger partial charge in [-0.3, -0.25) is 9.69 Å². The zero-order valence-electron chi connectivity index (χ0n) is 16.7. The molecule has 0 spiro atoms. The highest BCUT2D eigenvalue weighted by Gasteiger charge is 2.29. The average molecular weight is 427 g/mol. The minimum Gasteiger partial charge on any atom is -0.482 e. The number of carbonyl (C=O) groups excluding carboxylic acids is 1. The lowest BCUT2D eigenvalue weighted by Gasteiger charge is -2.28. The topological polar surface area (TPSA) is 103 Å². The summed E-state index contributed by atoms with van der Waals surface area (Å²) in [6, 6.07) is 12.3. The summed E-state index contributed by atoms with van der Waals surface area (Å²) >= 11 is 0. The van der Waals surface area contributed by atoms with Crippen molar-refractivity contribution >= 4 is 21.4 Å². The van der Waals surface area contributed by atoms with E-state index in [2.05, 4.69) is 17.1 Å². The highest BCUT2D eigenvalue weighted by Crippen LogP contribution is 2.35. The number of hydrogen-bond acceptors (Lipinski definition) is 7. The number of aryl methyl sites for hydroxylation is 1. The first-order valence-corrected chi connectivity index (χ1v) is 11.3. The Morgan fingerprint density at radius 2 is 1.87 bits per heavy atom. The van der Waals surface area contributed by atoms with Gasteiger partial charge in [0.15, 0.2) is 16.4 Å². The molecule has 1 aromatic heterocycles. The summed E-state index contributed by atoms with van der Waals surface area (Å²) in [6.45, 7) is 3.52. The van der Waals surface area contributed by atoms with Gasteiger partial charge in [-0.05, 0) is 30.2 Å². The van der Waals surface area contributed by atoms with Gasteiger partial charge in [-0.15, -0.1) is 0 Å². The van der Waals surface area contributed by atoms with Crippen LogP contribution in [0.5, 0.6) is 5.75 Å². The molecule has 0 radical (unpaired) electrons. The van der Waals surface area contributed by atoms with Gasteiger partial charge in [0.1, 0.15) is 12.3 Å². The van der Waals surface area contributed by atoms with E-state index in [1.54, 1.807) is 13.0 Å². The van der Waals surface area contributed by atoms with Crippen molar-refractivity contribution in [3.05, 3.63) is 53.9 Å². The molecule has 1 aliphatic rings. The van der Waals surface area contributed by atoms with E-state index in [4.69, 9.17) is 9.26 Å². The summed E-state index contributed by atoms with van der Waals surface area (Å²) < 4.78 is 35.3. The fraction of sp³-hybridized carbons (Fsp3) is 0.286. The number of hydrogen-bond donors (Lipinski definition) is 0. The van der Waals surface area contributed by atoms with E-state index < -0.39 is 9.84 Å². The van der Waals surface area contributed by atoms with Gasteiger partial charge in [-0.2, -0.15) is 4.98 Å². The zero-order chi connectivity index (χ0) is 21.3. The second-order valence-electron chi connectivity index (χ2n) is 6.86. The smallest absolute Gasteiger partial charge is 0.265 e. The van der Waals surface area contributed by atoms with E-state index in [0.717, 1.165) is 12.0 Å². The van der Waals surface area contributed by atoms with Crippen molar-refractivity contribution in [1.82, 2.24) is 10.1 Å². The van der Waals surface area contributed by atoms with E-state index in [-0.39, 0.29) is 35.6 Å². The fourth-order valence-corrected chi connectivity index (χ4v) is 4.08. The standard InChI is InChI=1S/C21H21N3O5S/c1-3-14-5-7-15(8-6-14)21-22-19(29-23-21)12-24-17-11-16(30(26,27)4-2)9-10-18(17)28-13-20(24)25/h5-11H,3-4,12-13H2,1-2H3. The first-order valence-electron chi connectivity index (χ1n) is 9.63. The molecule has 9 heteroatoms. The van der Waals surface area contributed by atoms with E-state index >= 15 is 0 Å². The van der Waals surface area contributed by atoms with Gasteiger partial charge >= 0.3 is 0 Å². The van der Waals surface area contributed by atoms with Crippen LogP contribution in [0.2, 0.25) is 0 Å². The van der Waals surface area contributed by atoms with Crippen molar-refractivity contribution in [3.63, 3.8) is 0 Å². The number of aromatic nitrogens is 2. The van der Waals surface area contributed by atoms with E-state index in [1.165, 1.54) is 22.6 Å². The molecule has 0 saturated heterocycles. The number of carbonyl (C=O) groups is 1. The second-order valence-corrected chi connectivity index (χ2v) is 9.14. The Labute approximate surface area is 174 Å². The van der Waals surface area contributed by atoms with E-state index in [1.807, 2.05) is 24.3 Å². The molecule has 4 rings (SSSR count). The van der Waals surface area contributed by atoms with Crippen LogP contribution in [-0.2, 0) is 27.6 Å². The SMILES string of the molecule is CCc1ccc(-c2noc(CN3C(=O)COc4ccc(S(=O)(=O)CC)cc43)n2)cc1. The highest BCUT2D eigenvalue weighted by atomic mass is 32.2. The third-order valence-electron chi connectivity index (χ3n) is 4.99. The van der Waals surface area contributed by atoms with Crippen LogP contribution < -0.4 is 9.64 Å². The van der Waals surface area contributed by atoms with Crippen molar-refractivity contribution in [2.75, 3.05) is 17.3 Å². The maximum Gasteiger partial charge on any atom is 0.265 e. The number of sulfone groups is 1. The molecule has 0 aliphatic carbocycles. The minimum absolute atomic E-state index is 0.0187. The number of fused-ring (bicyclic) bond motifs is 1. The largest absolute Gasteiger partial charge is 0.482 e. The monoisotopic (exact) mass is 427 g/mol. The summed E-state index contributed by atoms with van der Waals surface area (Å²) in [5.74, 6) is 0.746. The molecule has 0 saturated carbocycles. The summed E-state index contributed by atoms with van der Waals surface area (Å²) in [7, 11) is -3.43. The Balaban J connectivity index is 1.63. The normalized spacial score (nSPS) is 13.8. The van der Waals surface area contributed by atoms with Crippen LogP contribution in [-0.4, -0.2) is 36.8 Å². The molecular weight excluding hydrogens is 406 g/mol. The maximum absolute atomic E-state index is 12.5. The van der Waals surface area contributed by atoms with Crippen LogP contribution in [0.3, 0.4) is 0 Å². The van der Waals surface area contributed by atoms with Gasteiger partial charge in [0, 0.05) is 5.56 Å². The van der Waals surface area contributed by atoms with Crippen LogP contribution in [0.1, 0.15) is 25.3 Å². The third-order valence-corrected chi connectivity index (χ3v) is 6.73. The number of rotatable bonds is 6. The lowest BCUT2D eigenvalue weighted by atomic mass is 10.1. The zero-order valence-corrected chi connectivity index (χ0v) is 17.5. The molecular formula is C21H21N3O5S. The predicted octanol–water partition coefficient (Wildman–Crippen LogP) is 3.02. The molecule has 0 bridgehead atoms. The van der Waals surface area contributed by atoms with Crippen LogP contribution >= 0.6 is 0 Å². The maximum atomic E-state index is 12.5. The van der Waals surface area contributed by atoms with Crippen molar-refractivity contribution < 1.29 is 22.5 Å². The van der Waals surface area contributed by atoms with Gasteiger partial charge in [-0.1, -0.05) is 43.3 Å². The second kappa shape index (κ2) is 7.91. The van der Waals surface area contributed by atoms with Gasteiger partial charge in [-0.25, -0.2) is 8.42 Å². The molecule has 2 aromatic carbocycles. The number of benzene rings is 2. The lowest BCUT2D eigenvalue weighted by Crippen LogP contribution is -2.38. The average Bonchev–Trinajstić information content (AvgIpc) is 3.24. The number of amides is 1. The molecule has 0 unspecified atom stereocenters. The van der Waals surface area contributed by atoms with Crippen molar-refractivity contribution in [3.8, 4) is 17.1 Å². The quantitative estimate of drug-likeness (QED) is 0.596. The Morgan fingerprint density at radius 1 is 1.10 bits per heavy atom. The highest BCUT2D eigenvalue weighted by molar-refractivity contribution is 7.91. The molecule has 30 heavy (non-hydrogen) atoms. The van der Waals surface area contributed by atoms with Gasteiger partial charge in [0.25, 0.3) is 5.91 Å². The third kappa shape index (κ3) is 3.80. The molecule has 1 amide bonds. The molecule has 8 nitrogen and oxygen atoms in total. The minimum atomic E-state index is -3.43. The number of nitrogens with zero attached hydrogens (tertiary/aromatic N) is 3. The first kappa shape index (κ1) is 20.1. The Morgan fingerprint density at radius 3 is 2.57 bits per heavy atom. The molecule has 3 aromatic rings. The van der Waals surface area contributed by atoms with Gasteiger partial charge in [0.2, 0.25) is 11.7 Å². The summed E-state index contributed by atoms with van der Waals surface area (Å²) in [5.41, 5.74) is 2.39. The molecule has 2 heterocycles. The summed E-state index contributed by atoms with van der Waals surface area (Å²) in [5, 5.41) is 4.01. The Bertz CT molecular complexity index is 1190. The van der Waals surface area contributed by atoms with Crippen LogP contribution in [0.25, 0.3) is 11.4 Å². The van der Waals surface area contributed by atoms with Crippen LogP contribution in [0.4, 0.5) is 5.69 Å². The van der Waals surface area contributed by atoms with Crippen molar-refractivity contribution in [1.29, 1.82) is 0 Å². The van der Waals surface area contributed by atoms with E-state index in [0.29, 0.717) is 17.3 Å².